The second-order valence-corrected chi connectivity index (χ2v) is 5.34. The normalized spacial score (nSPS) is 21.5. The van der Waals surface area contributed by atoms with Gasteiger partial charge in [0.1, 0.15) is 11.9 Å². The van der Waals surface area contributed by atoms with Crippen molar-refractivity contribution in [3.05, 3.63) is 23.9 Å². The molecule has 1 aromatic heterocycles. The molecule has 5 heteroatoms. The molecule has 108 valence electrons. The van der Waals surface area contributed by atoms with Gasteiger partial charge in [0.15, 0.2) is 0 Å². The second-order valence-electron chi connectivity index (χ2n) is 5.34. The zero-order chi connectivity index (χ0) is 14.5. The molecule has 0 amide bonds. The largest absolute Gasteiger partial charge is 0.392 e. The number of β-amino-alcohol motifs (C(OH)–C–C–N with tert-alkyl or cyclic N) is 1. The summed E-state index contributed by atoms with van der Waals surface area (Å²) >= 11 is 0. The number of aliphatic hydroxyl groups is 1. The maximum absolute atomic E-state index is 9.57. The third-order valence-corrected chi connectivity index (χ3v) is 3.78. The summed E-state index contributed by atoms with van der Waals surface area (Å²) < 4.78 is 0. The smallest absolute Gasteiger partial charge is 0.146 e. The molecular formula is C15H22N4O. The van der Waals surface area contributed by atoms with Crippen LogP contribution in [0.15, 0.2) is 18.3 Å². The van der Waals surface area contributed by atoms with Crippen LogP contribution in [-0.4, -0.2) is 53.3 Å². The fourth-order valence-corrected chi connectivity index (χ4v) is 2.79. The van der Waals surface area contributed by atoms with Crippen LogP contribution in [0, 0.1) is 11.3 Å². The molecule has 1 saturated heterocycles. The maximum Gasteiger partial charge on any atom is 0.146 e. The summed E-state index contributed by atoms with van der Waals surface area (Å²) in [5, 5.41) is 18.8. The Hall–Kier alpha value is -1.64. The highest BCUT2D eigenvalue weighted by atomic mass is 16.3. The Bertz CT molecular complexity index is 483. The molecule has 1 aliphatic heterocycles. The number of rotatable bonds is 4. The highest BCUT2D eigenvalue weighted by Crippen LogP contribution is 2.21. The van der Waals surface area contributed by atoms with Crippen LogP contribution in [0.4, 0.5) is 5.82 Å². The third kappa shape index (κ3) is 3.27. The molecule has 0 radical (unpaired) electrons. The van der Waals surface area contributed by atoms with Gasteiger partial charge in [0.25, 0.3) is 0 Å². The van der Waals surface area contributed by atoms with Crippen LogP contribution in [0.3, 0.4) is 0 Å². The number of aromatic nitrogens is 1. The van der Waals surface area contributed by atoms with Crippen molar-refractivity contribution in [2.75, 3.05) is 31.1 Å². The van der Waals surface area contributed by atoms with Crippen LogP contribution in [0.2, 0.25) is 0 Å². The van der Waals surface area contributed by atoms with Gasteiger partial charge < -0.3 is 10.0 Å². The monoisotopic (exact) mass is 274 g/mol. The van der Waals surface area contributed by atoms with E-state index in [1.54, 1.807) is 12.3 Å². The van der Waals surface area contributed by atoms with Crippen LogP contribution in [0.1, 0.15) is 25.8 Å². The number of hydrogen-bond donors (Lipinski definition) is 1. The van der Waals surface area contributed by atoms with Crippen molar-refractivity contribution in [3.8, 4) is 6.07 Å². The van der Waals surface area contributed by atoms with Gasteiger partial charge in [-0.25, -0.2) is 4.98 Å². The first-order valence-corrected chi connectivity index (χ1v) is 7.17. The van der Waals surface area contributed by atoms with Crippen LogP contribution in [-0.2, 0) is 0 Å². The summed E-state index contributed by atoms with van der Waals surface area (Å²) in [6.07, 6.45) is 2.46. The molecule has 0 aliphatic carbocycles. The van der Waals surface area contributed by atoms with E-state index >= 15 is 0 Å². The molecule has 2 heterocycles. The molecule has 1 N–H and O–H groups in total. The lowest BCUT2D eigenvalue weighted by Gasteiger charge is -2.42. The first-order valence-electron chi connectivity index (χ1n) is 7.17. The molecule has 5 nitrogen and oxygen atoms in total. The highest BCUT2D eigenvalue weighted by molar-refractivity contribution is 5.53. The molecular weight excluding hydrogens is 252 g/mol. The molecule has 2 atom stereocenters. The van der Waals surface area contributed by atoms with Crippen LogP contribution in [0.25, 0.3) is 0 Å². The van der Waals surface area contributed by atoms with Gasteiger partial charge in [-0.05, 0) is 25.5 Å². The lowest BCUT2D eigenvalue weighted by atomic mass is 10.1. The number of hydrogen-bond acceptors (Lipinski definition) is 5. The molecule has 20 heavy (non-hydrogen) atoms. The Kier molecular flexibility index (Phi) is 4.94. The van der Waals surface area contributed by atoms with Crippen molar-refractivity contribution in [3.63, 3.8) is 0 Å². The minimum Gasteiger partial charge on any atom is -0.392 e. The van der Waals surface area contributed by atoms with Gasteiger partial charge >= 0.3 is 0 Å². The Labute approximate surface area is 120 Å². The fraction of sp³-hybridized carbons (Fsp3) is 0.600. The molecule has 0 aromatic carbocycles. The third-order valence-electron chi connectivity index (χ3n) is 3.78. The Balaban J connectivity index is 2.12. The maximum atomic E-state index is 9.57. The van der Waals surface area contributed by atoms with E-state index in [0.29, 0.717) is 18.2 Å². The first kappa shape index (κ1) is 14.8. The molecule has 0 bridgehead atoms. The van der Waals surface area contributed by atoms with Crippen molar-refractivity contribution in [1.29, 1.82) is 5.26 Å². The Morgan fingerprint density at radius 3 is 3.00 bits per heavy atom. The minimum absolute atomic E-state index is 0.305. The van der Waals surface area contributed by atoms with E-state index in [2.05, 4.69) is 27.8 Å². The summed E-state index contributed by atoms with van der Waals surface area (Å²) in [5.41, 5.74) is 0.631. The van der Waals surface area contributed by atoms with Gasteiger partial charge in [-0.3, -0.25) is 4.90 Å². The van der Waals surface area contributed by atoms with Crippen molar-refractivity contribution >= 4 is 5.82 Å². The summed E-state index contributed by atoms with van der Waals surface area (Å²) in [6, 6.07) is 6.21. The first-order chi connectivity index (χ1) is 9.65. The number of nitrogens with zero attached hydrogens (tertiary/aromatic N) is 4. The lowest BCUT2D eigenvalue weighted by molar-refractivity contribution is 0.0884. The highest BCUT2D eigenvalue weighted by Gasteiger charge is 2.27. The van der Waals surface area contributed by atoms with E-state index < -0.39 is 0 Å². The molecule has 0 saturated carbocycles. The van der Waals surface area contributed by atoms with Crippen molar-refractivity contribution < 1.29 is 5.11 Å². The van der Waals surface area contributed by atoms with Crippen LogP contribution >= 0.6 is 0 Å². The molecule has 0 spiro atoms. The average Bonchev–Trinajstić information content (AvgIpc) is 2.47. The minimum atomic E-state index is -0.305. The number of nitriles is 1. The summed E-state index contributed by atoms with van der Waals surface area (Å²) in [5.74, 6) is 0.783. The van der Waals surface area contributed by atoms with Gasteiger partial charge in [0.05, 0.1) is 11.7 Å². The van der Waals surface area contributed by atoms with Crippen molar-refractivity contribution in [2.45, 2.75) is 32.4 Å². The summed E-state index contributed by atoms with van der Waals surface area (Å²) in [4.78, 5) is 8.88. The fourth-order valence-electron chi connectivity index (χ4n) is 2.79. The van der Waals surface area contributed by atoms with Gasteiger partial charge in [-0.15, -0.1) is 0 Å². The molecule has 1 aromatic rings. The molecule has 1 fully saturated rings. The summed E-state index contributed by atoms with van der Waals surface area (Å²) in [7, 11) is 0. The van der Waals surface area contributed by atoms with Crippen LogP contribution in [0.5, 0.6) is 0 Å². The van der Waals surface area contributed by atoms with Gasteiger partial charge in [-0.1, -0.05) is 6.92 Å². The predicted molar refractivity (Wildman–Crippen MR) is 78.5 cm³/mol. The quantitative estimate of drug-likeness (QED) is 0.895. The average molecular weight is 274 g/mol. The van der Waals surface area contributed by atoms with E-state index in [1.807, 2.05) is 13.0 Å². The predicted octanol–water partition coefficient (Wildman–Crippen LogP) is 1.23. The topological polar surface area (TPSA) is 63.4 Å². The van der Waals surface area contributed by atoms with E-state index in [1.165, 1.54) is 0 Å². The number of anilines is 1. The molecule has 2 rings (SSSR count). The second kappa shape index (κ2) is 6.69. The van der Waals surface area contributed by atoms with E-state index in [0.717, 1.165) is 31.9 Å². The standard InChI is InChI=1S/C15H22N4O/c1-3-14-11-19(8-7-18(14)10-12(2)20)15-13(9-16)5-4-6-17-15/h4-6,12,14,20H,3,7-8,10-11H2,1-2H3. The van der Waals surface area contributed by atoms with Gasteiger partial charge in [0, 0.05) is 38.4 Å². The molecule has 1 aliphatic rings. The SMILES string of the molecule is CCC1CN(c2ncccc2C#N)CCN1CC(C)O. The number of piperazine rings is 1. The van der Waals surface area contributed by atoms with Gasteiger partial charge in [0.2, 0.25) is 0 Å². The van der Waals surface area contributed by atoms with Crippen LogP contribution < -0.4 is 4.90 Å². The van der Waals surface area contributed by atoms with E-state index in [9.17, 15) is 10.4 Å². The number of aliphatic hydroxyl groups excluding tert-OH is 1. The molecule has 2 unspecified atom stereocenters. The van der Waals surface area contributed by atoms with Crippen molar-refractivity contribution in [2.24, 2.45) is 0 Å². The van der Waals surface area contributed by atoms with Crippen molar-refractivity contribution in [1.82, 2.24) is 9.88 Å². The van der Waals surface area contributed by atoms with Gasteiger partial charge in [-0.2, -0.15) is 5.26 Å². The Morgan fingerprint density at radius 2 is 2.35 bits per heavy atom. The summed E-state index contributed by atoms with van der Waals surface area (Å²) in [6.45, 7) is 7.28. The van der Waals surface area contributed by atoms with E-state index in [4.69, 9.17) is 0 Å². The number of pyridine rings is 1. The van der Waals surface area contributed by atoms with E-state index in [-0.39, 0.29) is 6.10 Å². The lowest BCUT2D eigenvalue weighted by Crippen LogP contribution is -2.54. The zero-order valence-corrected chi connectivity index (χ0v) is 12.2. The zero-order valence-electron chi connectivity index (χ0n) is 12.2. The Morgan fingerprint density at radius 1 is 1.55 bits per heavy atom.